The predicted octanol–water partition coefficient (Wildman–Crippen LogP) is 6.82. The number of benzene rings is 3. The molecule has 30 heavy (non-hydrogen) atoms. The first kappa shape index (κ1) is 20.8. The Kier molecular flexibility index (Phi) is 6.65. The summed E-state index contributed by atoms with van der Waals surface area (Å²) in [6.45, 7) is 2.89. The van der Waals surface area contributed by atoms with Gasteiger partial charge in [-0.25, -0.2) is 4.99 Å². The predicted molar refractivity (Wildman–Crippen MR) is 130 cm³/mol. The van der Waals surface area contributed by atoms with Gasteiger partial charge in [0.25, 0.3) is 0 Å². The van der Waals surface area contributed by atoms with Crippen LogP contribution in [0.1, 0.15) is 36.5 Å². The van der Waals surface area contributed by atoms with E-state index in [2.05, 4.69) is 50.3 Å². The summed E-state index contributed by atoms with van der Waals surface area (Å²) in [6, 6.07) is 22.1. The molecule has 0 aliphatic carbocycles. The molecule has 0 amide bonds. The molecular weight excluding hydrogens is 506 g/mol. The number of unbranched alkanes of at least 4 members (excludes halogenated alkanes) is 1. The first-order chi connectivity index (χ1) is 14.6. The number of amidine groups is 1. The van der Waals surface area contributed by atoms with Gasteiger partial charge >= 0.3 is 0 Å². The smallest absolute Gasteiger partial charge is 0.154 e. The van der Waals surface area contributed by atoms with Gasteiger partial charge in [-0.3, -0.25) is 5.43 Å². The molecule has 3 aromatic rings. The fraction of sp³-hybridized carbons (Fsp3) is 0.167. The van der Waals surface area contributed by atoms with Gasteiger partial charge < -0.3 is 4.74 Å². The Morgan fingerprint density at radius 1 is 0.867 bits per heavy atom. The molecule has 0 fully saturated rings. The molecule has 0 radical (unpaired) electrons. The Bertz CT molecular complexity index is 1090. The van der Waals surface area contributed by atoms with Gasteiger partial charge in [-0.05, 0) is 61.0 Å². The van der Waals surface area contributed by atoms with Crippen LogP contribution >= 0.6 is 31.9 Å². The minimum atomic E-state index is 0.709. The third kappa shape index (κ3) is 4.82. The lowest BCUT2D eigenvalue weighted by Gasteiger charge is -2.10. The molecule has 0 atom stereocenters. The number of hydrogen-bond donors (Lipinski definition) is 1. The summed E-state index contributed by atoms with van der Waals surface area (Å²) < 4.78 is 7.80. The molecule has 6 heteroatoms. The summed E-state index contributed by atoms with van der Waals surface area (Å²) in [5, 5.41) is 4.72. The zero-order valence-corrected chi connectivity index (χ0v) is 19.7. The van der Waals surface area contributed by atoms with Crippen molar-refractivity contribution in [3.8, 4) is 5.75 Å². The second-order valence-electron chi connectivity index (χ2n) is 6.93. The number of ether oxygens (including phenoxy) is 1. The van der Waals surface area contributed by atoms with Gasteiger partial charge in [-0.15, -0.1) is 0 Å². The van der Waals surface area contributed by atoms with Crippen LogP contribution in [0.2, 0.25) is 0 Å². The van der Waals surface area contributed by atoms with Crippen LogP contribution in [0.15, 0.2) is 85.8 Å². The number of nitrogens with one attached hydrogen (secondary N) is 1. The molecule has 0 bridgehead atoms. The van der Waals surface area contributed by atoms with E-state index in [4.69, 9.17) is 14.8 Å². The van der Waals surface area contributed by atoms with Crippen LogP contribution in [0.25, 0.3) is 0 Å². The van der Waals surface area contributed by atoms with Crippen molar-refractivity contribution in [3.05, 3.63) is 92.4 Å². The van der Waals surface area contributed by atoms with E-state index in [9.17, 15) is 0 Å². The summed E-state index contributed by atoms with van der Waals surface area (Å²) >= 11 is 7.06. The average Bonchev–Trinajstić information content (AvgIpc) is 2.94. The summed E-state index contributed by atoms with van der Waals surface area (Å²) in [5.41, 5.74) is 7.79. The van der Waals surface area contributed by atoms with E-state index < -0.39 is 0 Å². The van der Waals surface area contributed by atoms with Crippen LogP contribution in [-0.2, 0) is 0 Å². The molecular formula is C24H21Br2N3O. The topological polar surface area (TPSA) is 46.0 Å². The number of halogens is 2. The summed E-state index contributed by atoms with van der Waals surface area (Å²) in [7, 11) is 0. The van der Waals surface area contributed by atoms with Crippen LogP contribution in [0.5, 0.6) is 5.75 Å². The summed E-state index contributed by atoms with van der Waals surface area (Å²) in [6.07, 6.45) is 2.17. The van der Waals surface area contributed by atoms with Crippen molar-refractivity contribution >= 4 is 49.1 Å². The van der Waals surface area contributed by atoms with E-state index in [1.165, 1.54) is 0 Å². The van der Waals surface area contributed by atoms with E-state index in [1.54, 1.807) is 0 Å². The quantitative estimate of drug-likeness (QED) is 0.358. The molecule has 3 aromatic carbocycles. The van der Waals surface area contributed by atoms with Crippen molar-refractivity contribution in [1.29, 1.82) is 0 Å². The van der Waals surface area contributed by atoms with E-state index in [0.717, 1.165) is 62.2 Å². The standard InChI is InChI=1S/C24H21Br2N3O/c1-2-3-14-30-20-11-6-16(7-12-20)23-21-15-19(26)10-13-22(21)27-24(29-28-23)17-4-8-18(25)9-5-17/h4-13,15H,2-3,14H2,1H3,(H,27,29). The number of aliphatic imine (C=N–C) groups is 1. The second kappa shape index (κ2) is 9.58. The number of hydrogen-bond acceptors (Lipinski definition) is 4. The third-order valence-electron chi connectivity index (χ3n) is 4.73. The highest BCUT2D eigenvalue weighted by Gasteiger charge is 2.18. The first-order valence-corrected chi connectivity index (χ1v) is 11.4. The molecule has 1 aliphatic rings. The van der Waals surface area contributed by atoms with Crippen molar-refractivity contribution in [2.45, 2.75) is 19.8 Å². The Hall–Kier alpha value is -2.44. The Morgan fingerprint density at radius 2 is 1.57 bits per heavy atom. The molecule has 1 aliphatic heterocycles. The highest BCUT2D eigenvalue weighted by molar-refractivity contribution is 9.10. The van der Waals surface area contributed by atoms with E-state index in [-0.39, 0.29) is 0 Å². The molecule has 1 heterocycles. The molecule has 1 N–H and O–H groups in total. The summed E-state index contributed by atoms with van der Waals surface area (Å²) in [5.74, 6) is 1.58. The van der Waals surface area contributed by atoms with Gasteiger partial charge in [0.05, 0.1) is 12.3 Å². The lowest BCUT2D eigenvalue weighted by atomic mass is 10.0. The van der Waals surface area contributed by atoms with Crippen molar-refractivity contribution < 1.29 is 4.74 Å². The highest BCUT2D eigenvalue weighted by Crippen LogP contribution is 2.29. The molecule has 4 nitrogen and oxygen atoms in total. The second-order valence-corrected chi connectivity index (χ2v) is 8.76. The minimum absolute atomic E-state index is 0.709. The maximum absolute atomic E-state index is 5.80. The van der Waals surface area contributed by atoms with Gasteiger partial charge in [0.2, 0.25) is 0 Å². The monoisotopic (exact) mass is 525 g/mol. The normalized spacial score (nSPS) is 12.9. The molecule has 0 unspecified atom stereocenters. The van der Waals surface area contributed by atoms with Gasteiger partial charge in [0.1, 0.15) is 11.5 Å². The highest BCUT2D eigenvalue weighted by atomic mass is 79.9. The fourth-order valence-electron chi connectivity index (χ4n) is 3.11. The molecule has 0 saturated carbocycles. The third-order valence-corrected chi connectivity index (χ3v) is 5.75. The van der Waals surface area contributed by atoms with E-state index >= 15 is 0 Å². The fourth-order valence-corrected chi connectivity index (χ4v) is 3.74. The molecule has 0 aromatic heterocycles. The number of rotatable bonds is 6. The number of nitrogens with zero attached hydrogens (tertiary/aromatic N) is 2. The summed E-state index contributed by atoms with van der Waals surface area (Å²) in [4.78, 5) is 4.85. The molecule has 0 spiro atoms. The van der Waals surface area contributed by atoms with Gasteiger partial charge in [0, 0.05) is 25.6 Å². The maximum Gasteiger partial charge on any atom is 0.154 e. The first-order valence-electron chi connectivity index (χ1n) is 9.85. The van der Waals surface area contributed by atoms with Crippen molar-refractivity contribution in [2.75, 3.05) is 6.61 Å². The number of fused-ring (bicyclic) bond motifs is 1. The molecule has 4 rings (SSSR count). The van der Waals surface area contributed by atoms with Crippen LogP contribution in [0.4, 0.5) is 5.69 Å². The molecule has 152 valence electrons. The van der Waals surface area contributed by atoms with E-state index in [1.807, 2.05) is 60.7 Å². The lowest BCUT2D eigenvalue weighted by Crippen LogP contribution is -2.19. The largest absolute Gasteiger partial charge is 0.494 e. The van der Waals surface area contributed by atoms with Gasteiger partial charge in [-0.2, -0.15) is 5.10 Å². The Morgan fingerprint density at radius 3 is 2.30 bits per heavy atom. The van der Waals surface area contributed by atoms with Crippen LogP contribution < -0.4 is 10.2 Å². The molecule has 0 saturated heterocycles. The minimum Gasteiger partial charge on any atom is -0.494 e. The SMILES string of the molecule is CCCCOc1ccc(C2=NNC(c3ccc(Br)cc3)=Nc3ccc(Br)cc32)cc1. The van der Waals surface area contributed by atoms with Gasteiger partial charge in [-0.1, -0.05) is 57.3 Å². The van der Waals surface area contributed by atoms with Crippen molar-refractivity contribution in [2.24, 2.45) is 10.1 Å². The Labute approximate surface area is 193 Å². The zero-order chi connectivity index (χ0) is 20.9. The average molecular weight is 527 g/mol. The van der Waals surface area contributed by atoms with Gasteiger partial charge in [0.15, 0.2) is 5.84 Å². The van der Waals surface area contributed by atoms with Crippen molar-refractivity contribution in [3.63, 3.8) is 0 Å². The van der Waals surface area contributed by atoms with Crippen LogP contribution in [-0.4, -0.2) is 18.2 Å². The lowest BCUT2D eigenvalue weighted by molar-refractivity contribution is 0.309. The van der Waals surface area contributed by atoms with Crippen molar-refractivity contribution in [1.82, 2.24) is 5.43 Å². The Balaban J connectivity index is 1.69. The van der Waals surface area contributed by atoms with E-state index in [0.29, 0.717) is 5.84 Å². The maximum atomic E-state index is 5.80. The zero-order valence-electron chi connectivity index (χ0n) is 16.5. The number of hydrazone groups is 1. The van der Waals surface area contributed by atoms with Crippen LogP contribution in [0.3, 0.4) is 0 Å². The van der Waals surface area contributed by atoms with Crippen LogP contribution in [0, 0.1) is 0 Å².